The highest BCUT2D eigenvalue weighted by Crippen LogP contribution is 2.28. The number of nitrogens with zero attached hydrogens (tertiary/aromatic N) is 2. The van der Waals surface area contributed by atoms with Crippen LogP contribution in [-0.4, -0.2) is 48.7 Å². The summed E-state index contributed by atoms with van der Waals surface area (Å²) in [5.74, 6) is -0.150. The summed E-state index contributed by atoms with van der Waals surface area (Å²) in [6.07, 6.45) is 3.41. The number of nitro benzene ring substituents is 1. The molecule has 2 fully saturated rings. The number of nitrogens with one attached hydrogen (secondary N) is 1. The zero-order valence-electron chi connectivity index (χ0n) is 13.0. The molecular weight excluding hydrogens is 301 g/mol. The highest BCUT2D eigenvalue weighted by Gasteiger charge is 2.32. The average molecular weight is 323 g/mol. The van der Waals surface area contributed by atoms with E-state index >= 15 is 0 Å². The Morgan fingerprint density at radius 2 is 2.22 bits per heavy atom. The molecule has 126 valence electrons. The summed E-state index contributed by atoms with van der Waals surface area (Å²) in [5.41, 5.74) is 0.160. The Balaban J connectivity index is 1.72. The van der Waals surface area contributed by atoms with Gasteiger partial charge in [-0.1, -0.05) is 0 Å². The smallest absolute Gasteiger partial charge is 0.295 e. The van der Waals surface area contributed by atoms with Crippen molar-refractivity contribution in [1.29, 1.82) is 0 Å². The standard InChI is InChI=1S/C16H22FN3O3/c17-13-3-4-14(15(9-13)20(21)22)18-10-16(12-5-8-23-11-12)19-6-1-2-7-19/h3-4,9,12,16,18H,1-2,5-8,10-11H2/t12-,16-/m0/s1. The lowest BCUT2D eigenvalue weighted by Gasteiger charge is -2.32. The van der Waals surface area contributed by atoms with Gasteiger partial charge in [-0.05, 0) is 44.5 Å². The Hall–Kier alpha value is -1.73. The second-order valence-electron chi connectivity index (χ2n) is 6.23. The number of rotatable bonds is 6. The van der Waals surface area contributed by atoms with Crippen molar-refractivity contribution in [1.82, 2.24) is 4.90 Å². The number of ether oxygens (including phenoxy) is 1. The summed E-state index contributed by atoms with van der Waals surface area (Å²) >= 11 is 0. The van der Waals surface area contributed by atoms with Gasteiger partial charge in [-0.3, -0.25) is 15.0 Å². The van der Waals surface area contributed by atoms with Crippen LogP contribution in [0.4, 0.5) is 15.8 Å². The van der Waals surface area contributed by atoms with Crippen LogP contribution in [0.15, 0.2) is 18.2 Å². The van der Waals surface area contributed by atoms with Gasteiger partial charge in [0.2, 0.25) is 0 Å². The molecule has 0 amide bonds. The molecule has 3 rings (SSSR count). The first-order chi connectivity index (χ1) is 11.1. The first kappa shape index (κ1) is 16.1. The van der Waals surface area contributed by atoms with Crippen LogP contribution in [0.1, 0.15) is 19.3 Å². The molecular formula is C16H22FN3O3. The molecule has 7 heteroatoms. The van der Waals surface area contributed by atoms with Crippen molar-refractivity contribution in [3.05, 3.63) is 34.1 Å². The third-order valence-corrected chi connectivity index (χ3v) is 4.78. The third-order valence-electron chi connectivity index (χ3n) is 4.78. The fraction of sp³-hybridized carbons (Fsp3) is 0.625. The molecule has 0 radical (unpaired) electrons. The number of nitro groups is 1. The van der Waals surface area contributed by atoms with Crippen molar-refractivity contribution >= 4 is 11.4 Å². The first-order valence-corrected chi connectivity index (χ1v) is 8.15. The van der Waals surface area contributed by atoms with Crippen molar-refractivity contribution in [3.8, 4) is 0 Å². The molecule has 0 aliphatic carbocycles. The van der Waals surface area contributed by atoms with Crippen molar-refractivity contribution in [2.75, 3.05) is 38.2 Å². The lowest BCUT2D eigenvalue weighted by molar-refractivity contribution is -0.384. The number of anilines is 1. The second kappa shape index (κ2) is 7.23. The van der Waals surface area contributed by atoms with E-state index in [0.717, 1.165) is 38.8 Å². The van der Waals surface area contributed by atoms with Gasteiger partial charge in [-0.25, -0.2) is 4.39 Å². The molecule has 1 N–H and O–H groups in total. The fourth-order valence-electron chi connectivity index (χ4n) is 3.54. The molecule has 1 aromatic rings. The SMILES string of the molecule is O=[N+]([O-])c1cc(F)ccc1NC[C@@H]([C@H]1CCOC1)N1CCCC1. The molecule has 2 aliphatic heterocycles. The highest BCUT2D eigenvalue weighted by atomic mass is 19.1. The summed E-state index contributed by atoms with van der Waals surface area (Å²) in [7, 11) is 0. The topological polar surface area (TPSA) is 67.6 Å². The minimum absolute atomic E-state index is 0.215. The van der Waals surface area contributed by atoms with Crippen molar-refractivity contribution in [2.45, 2.75) is 25.3 Å². The van der Waals surface area contributed by atoms with Crippen molar-refractivity contribution in [2.24, 2.45) is 5.92 Å². The van der Waals surface area contributed by atoms with Crippen LogP contribution in [0.2, 0.25) is 0 Å². The van der Waals surface area contributed by atoms with Crippen LogP contribution >= 0.6 is 0 Å². The molecule has 23 heavy (non-hydrogen) atoms. The normalized spacial score (nSPS) is 23.1. The molecule has 2 saturated heterocycles. The van der Waals surface area contributed by atoms with Crippen LogP contribution in [0.5, 0.6) is 0 Å². The maximum Gasteiger partial charge on any atom is 0.295 e. The molecule has 0 spiro atoms. The number of hydrogen-bond donors (Lipinski definition) is 1. The minimum Gasteiger partial charge on any atom is -0.381 e. The van der Waals surface area contributed by atoms with E-state index in [-0.39, 0.29) is 5.69 Å². The Kier molecular flexibility index (Phi) is 5.07. The van der Waals surface area contributed by atoms with Gasteiger partial charge in [0, 0.05) is 25.1 Å². The Labute approximate surface area is 134 Å². The van der Waals surface area contributed by atoms with E-state index in [9.17, 15) is 14.5 Å². The van der Waals surface area contributed by atoms with E-state index in [2.05, 4.69) is 10.2 Å². The lowest BCUT2D eigenvalue weighted by atomic mass is 9.97. The van der Waals surface area contributed by atoms with Gasteiger partial charge in [0.15, 0.2) is 0 Å². The molecule has 1 aromatic carbocycles. The van der Waals surface area contributed by atoms with E-state index in [1.807, 2.05) is 0 Å². The number of likely N-dealkylation sites (tertiary alicyclic amines) is 1. The van der Waals surface area contributed by atoms with Crippen LogP contribution in [0.25, 0.3) is 0 Å². The zero-order valence-corrected chi connectivity index (χ0v) is 13.0. The van der Waals surface area contributed by atoms with E-state index < -0.39 is 10.7 Å². The number of benzene rings is 1. The molecule has 2 aliphatic rings. The van der Waals surface area contributed by atoms with Crippen LogP contribution < -0.4 is 5.32 Å². The van der Waals surface area contributed by atoms with Gasteiger partial charge < -0.3 is 10.1 Å². The van der Waals surface area contributed by atoms with Crippen LogP contribution in [0.3, 0.4) is 0 Å². The van der Waals surface area contributed by atoms with Gasteiger partial charge in [0.05, 0.1) is 17.6 Å². The lowest BCUT2D eigenvalue weighted by Crippen LogP contribution is -2.44. The first-order valence-electron chi connectivity index (χ1n) is 8.15. The minimum atomic E-state index is -0.595. The summed E-state index contributed by atoms with van der Waals surface area (Å²) < 4.78 is 18.8. The predicted molar refractivity (Wildman–Crippen MR) is 85.1 cm³/mol. The molecule has 2 atom stereocenters. The van der Waals surface area contributed by atoms with Gasteiger partial charge in [-0.2, -0.15) is 0 Å². The second-order valence-corrected chi connectivity index (χ2v) is 6.23. The average Bonchev–Trinajstić information content (AvgIpc) is 3.22. The van der Waals surface area contributed by atoms with E-state index in [1.54, 1.807) is 0 Å². The van der Waals surface area contributed by atoms with Gasteiger partial charge in [0.1, 0.15) is 11.5 Å². The maximum atomic E-state index is 13.2. The van der Waals surface area contributed by atoms with Crippen molar-refractivity contribution < 1.29 is 14.1 Å². The van der Waals surface area contributed by atoms with E-state index in [0.29, 0.717) is 24.2 Å². The molecule has 0 saturated carbocycles. The monoisotopic (exact) mass is 323 g/mol. The van der Waals surface area contributed by atoms with Gasteiger partial charge in [0.25, 0.3) is 5.69 Å². The Morgan fingerprint density at radius 1 is 1.43 bits per heavy atom. The van der Waals surface area contributed by atoms with Crippen LogP contribution in [0, 0.1) is 21.8 Å². The molecule has 2 heterocycles. The highest BCUT2D eigenvalue weighted by molar-refractivity contribution is 5.61. The molecule has 0 unspecified atom stereocenters. The van der Waals surface area contributed by atoms with E-state index in [1.165, 1.54) is 25.0 Å². The summed E-state index contributed by atoms with van der Waals surface area (Å²) in [4.78, 5) is 13.0. The van der Waals surface area contributed by atoms with Crippen molar-refractivity contribution in [3.63, 3.8) is 0 Å². The summed E-state index contributed by atoms with van der Waals surface area (Å²) in [5, 5.41) is 14.3. The van der Waals surface area contributed by atoms with Crippen LogP contribution in [-0.2, 0) is 4.74 Å². The predicted octanol–water partition coefficient (Wildman–Crippen LogP) is 2.65. The summed E-state index contributed by atoms with van der Waals surface area (Å²) in [6.45, 7) is 4.27. The fourth-order valence-corrected chi connectivity index (χ4v) is 3.54. The third kappa shape index (κ3) is 3.79. The zero-order chi connectivity index (χ0) is 16.2. The quantitative estimate of drug-likeness (QED) is 0.644. The van der Waals surface area contributed by atoms with Gasteiger partial charge in [-0.15, -0.1) is 0 Å². The molecule has 6 nitrogen and oxygen atoms in total. The Bertz CT molecular complexity index is 542. The number of halogens is 1. The maximum absolute atomic E-state index is 13.2. The van der Waals surface area contributed by atoms with Gasteiger partial charge >= 0.3 is 0 Å². The molecule has 0 aromatic heterocycles. The Morgan fingerprint density at radius 3 is 2.87 bits per heavy atom. The van der Waals surface area contributed by atoms with E-state index in [4.69, 9.17) is 4.74 Å². The summed E-state index contributed by atoms with van der Waals surface area (Å²) in [6, 6.07) is 3.95. The number of hydrogen-bond acceptors (Lipinski definition) is 5. The molecule has 0 bridgehead atoms. The largest absolute Gasteiger partial charge is 0.381 e.